The minimum Gasteiger partial charge on any atom is -0.288 e. The molecule has 3 nitrogen and oxygen atoms in total. The summed E-state index contributed by atoms with van der Waals surface area (Å²) in [6.45, 7) is 5.39. The smallest absolute Gasteiger partial charge is 0.267 e. The van der Waals surface area contributed by atoms with Crippen molar-refractivity contribution in [3.63, 3.8) is 0 Å². The summed E-state index contributed by atoms with van der Waals surface area (Å²) in [6, 6.07) is 3.61. The fraction of sp³-hybridized carbons (Fsp3) is 0.231. The third-order valence-electron chi connectivity index (χ3n) is 2.43. The standard InChI is InChI=1S/C13H11ClO3/c1-7-4-8(2)11(9(3)5-7)12(16)10(6-15)13(14)17/h4-5H,1-3H3. The molecule has 0 spiro atoms. The number of Topliss-reactive ketones (excluding diaryl/α,β-unsaturated/α-hetero) is 1. The number of ketones is 1. The molecule has 4 heteroatoms. The number of allylic oxidation sites excluding steroid dienone is 1. The lowest BCUT2D eigenvalue weighted by Gasteiger charge is -2.09. The molecule has 0 saturated carbocycles. The number of hydrogen-bond acceptors (Lipinski definition) is 3. The minimum atomic E-state index is -1.08. The van der Waals surface area contributed by atoms with E-state index in [0.717, 1.165) is 5.56 Å². The molecule has 0 amide bonds. The van der Waals surface area contributed by atoms with Crippen molar-refractivity contribution < 1.29 is 14.4 Å². The molecule has 1 rings (SSSR count). The predicted octanol–water partition coefficient (Wildman–Crippen LogP) is 2.32. The molecule has 0 aliphatic carbocycles. The zero-order chi connectivity index (χ0) is 13.2. The van der Waals surface area contributed by atoms with Crippen LogP contribution in [-0.4, -0.2) is 17.0 Å². The average Bonchev–Trinajstić information content (AvgIpc) is 2.15. The Morgan fingerprint density at radius 1 is 1.12 bits per heavy atom. The molecule has 0 aliphatic rings. The zero-order valence-corrected chi connectivity index (χ0v) is 10.5. The minimum absolute atomic E-state index is 0.336. The van der Waals surface area contributed by atoms with Gasteiger partial charge in [0.05, 0.1) is 0 Å². The third kappa shape index (κ3) is 2.70. The number of hydrogen-bond donors (Lipinski definition) is 0. The van der Waals surface area contributed by atoms with Crippen LogP contribution < -0.4 is 0 Å². The Balaban J connectivity index is 3.41. The topological polar surface area (TPSA) is 51.2 Å². The van der Waals surface area contributed by atoms with E-state index in [4.69, 9.17) is 11.6 Å². The van der Waals surface area contributed by atoms with Crippen LogP contribution >= 0.6 is 11.6 Å². The van der Waals surface area contributed by atoms with Crippen molar-refractivity contribution in [3.8, 4) is 0 Å². The van der Waals surface area contributed by atoms with Crippen molar-refractivity contribution in [1.29, 1.82) is 0 Å². The maximum atomic E-state index is 12.0. The molecule has 17 heavy (non-hydrogen) atoms. The molecule has 0 radical (unpaired) electrons. The van der Waals surface area contributed by atoms with Gasteiger partial charge in [-0.2, -0.15) is 0 Å². The Labute approximate surface area is 104 Å². The normalized spacial score (nSPS) is 9.65. The van der Waals surface area contributed by atoms with E-state index >= 15 is 0 Å². The van der Waals surface area contributed by atoms with Crippen LogP contribution in [0.1, 0.15) is 27.0 Å². The van der Waals surface area contributed by atoms with Gasteiger partial charge < -0.3 is 0 Å². The molecule has 1 aromatic rings. The summed E-state index contributed by atoms with van der Waals surface area (Å²) >= 11 is 5.17. The SMILES string of the molecule is Cc1cc(C)c(C(=O)C(=C=O)C(=O)Cl)c(C)c1. The summed E-state index contributed by atoms with van der Waals surface area (Å²) in [5.41, 5.74) is 2.10. The quantitative estimate of drug-likeness (QED) is 0.207. The Kier molecular flexibility index (Phi) is 4.00. The molecule has 0 bridgehead atoms. The second kappa shape index (κ2) is 5.09. The van der Waals surface area contributed by atoms with Crippen LogP contribution in [0.5, 0.6) is 0 Å². The molecule has 0 fully saturated rings. The largest absolute Gasteiger partial charge is 0.288 e. The number of carbonyl (C=O) groups is 2. The van der Waals surface area contributed by atoms with Gasteiger partial charge in [0.1, 0.15) is 5.94 Å². The zero-order valence-electron chi connectivity index (χ0n) is 9.76. The molecule has 88 valence electrons. The average molecular weight is 251 g/mol. The van der Waals surface area contributed by atoms with Gasteiger partial charge in [-0.1, -0.05) is 17.7 Å². The maximum absolute atomic E-state index is 12.0. The lowest BCUT2D eigenvalue weighted by atomic mass is 9.94. The number of halogens is 1. The van der Waals surface area contributed by atoms with Crippen LogP contribution in [0.2, 0.25) is 0 Å². The molecule has 0 heterocycles. The van der Waals surface area contributed by atoms with E-state index in [-0.39, 0.29) is 0 Å². The molecule has 0 saturated heterocycles. The van der Waals surface area contributed by atoms with Crippen LogP contribution in [0.4, 0.5) is 0 Å². The van der Waals surface area contributed by atoms with E-state index < -0.39 is 16.6 Å². The molecule has 0 N–H and O–H groups in total. The highest BCUT2D eigenvalue weighted by molar-refractivity contribution is 6.72. The van der Waals surface area contributed by atoms with Crippen molar-refractivity contribution in [1.82, 2.24) is 0 Å². The van der Waals surface area contributed by atoms with Crippen LogP contribution in [-0.2, 0) is 9.59 Å². The summed E-state index contributed by atoms with van der Waals surface area (Å²) in [5.74, 6) is 0.633. The van der Waals surface area contributed by atoms with Crippen molar-refractivity contribution >= 4 is 28.6 Å². The van der Waals surface area contributed by atoms with E-state index in [1.54, 1.807) is 26.0 Å². The summed E-state index contributed by atoms with van der Waals surface area (Å²) < 4.78 is 0. The highest BCUT2D eigenvalue weighted by atomic mass is 35.5. The first-order valence-corrected chi connectivity index (χ1v) is 5.33. The Morgan fingerprint density at radius 2 is 1.59 bits per heavy atom. The number of benzene rings is 1. The van der Waals surface area contributed by atoms with Gasteiger partial charge >= 0.3 is 0 Å². The maximum Gasteiger partial charge on any atom is 0.267 e. The van der Waals surface area contributed by atoms with Gasteiger partial charge in [0.15, 0.2) is 5.57 Å². The van der Waals surface area contributed by atoms with Crippen molar-refractivity contribution in [2.75, 3.05) is 0 Å². The van der Waals surface area contributed by atoms with Crippen LogP contribution in [0.15, 0.2) is 17.7 Å². The third-order valence-corrected chi connectivity index (χ3v) is 2.62. The first kappa shape index (κ1) is 13.4. The lowest BCUT2D eigenvalue weighted by molar-refractivity contribution is -0.108. The second-order valence-corrected chi connectivity index (χ2v) is 4.20. The Bertz CT molecular complexity index is 529. The van der Waals surface area contributed by atoms with E-state index in [2.05, 4.69) is 0 Å². The van der Waals surface area contributed by atoms with Gasteiger partial charge in [-0.05, 0) is 43.5 Å². The molecular weight excluding hydrogens is 240 g/mol. The lowest BCUT2D eigenvalue weighted by Crippen LogP contribution is -2.13. The van der Waals surface area contributed by atoms with Crippen molar-refractivity contribution in [3.05, 3.63) is 40.0 Å². The summed E-state index contributed by atoms with van der Waals surface area (Å²) in [5, 5.41) is -1.08. The molecule has 0 atom stereocenters. The van der Waals surface area contributed by atoms with E-state index in [0.29, 0.717) is 16.7 Å². The number of carbonyl (C=O) groups excluding carboxylic acids is 3. The Hall–Kier alpha value is -1.70. The van der Waals surface area contributed by atoms with Gasteiger partial charge in [0.2, 0.25) is 5.78 Å². The molecule has 0 aliphatic heterocycles. The summed E-state index contributed by atoms with van der Waals surface area (Å²) in [4.78, 5) is 33.5. The fourth-order valence-electron chi connectivity index (χ4n) is 1.84. The molecule has 0 aromatic heterocycles. The van der Waals surface area contributed by atoms with Crippen molar-refractivity contribution in [2.24, 2.45) is 0 Å². The fourth-order valence-corrected chi connectivity index (χ4v) is 1.96. The first-order chi connectivity index (χ1) is 7.88. The summed E-state index contributed by atoms with van der Waals surface area (Å²) in [6.07, 6.45) is 0. The molecular formula is C13H11ClO3. The van der Waals surface area contributed by atoms with Gasteiger partial charge in [0.25, 0.3) is 5.24 Å². The summed E-state index contributed by atoms with van der Waals surface area (Å²) in [7, 11) is 0. The van der Waals surface area contributed by atoms with Gasteiger partial charge in [-0.15, -0.1) is 0 Å². The van der Waals surface area contributed by atoms with Crippen LogP contribution in [0, 0.1) is 20.8 Å². The van der Waals surface area contributed by atoms with Crippen molar-refractivity contribution in [2.45, 2.75) is 20.8 Å². The number of rotatable bonds is 3. The second-order valence-electron chi connectivity index (χ2n) is 3.85. The predicted molar refractivity (Wildman–Crippen MR) is 65.1 cm³/mol. The van der Waals surface area contributed by atoms with Gasteiger partial charge in [-0.25, -0.2) is 4.79 Å². The van der Waals surface area contributed by atoms with E-state index in [9.17, 15) is 14.4 Å². The van der Waals surface area contributed by atoms with Crippen LogP contribution in [0.3, 0.4) is 0 Å². The Morgan fingerprint density at radius 3 is 1.94 bits per heavy atom. The molecule has 1 aromatic carbocycles. The van der Waals surface area contributed by atoms with Gasteiger partial charge in [-0.3, -0.25) is 9.59 Å². The highest BCUT2D eigenvalue weighted by Crippen LogP contribution is 2.20. The van der Waals surface area contributed by atoms with E-state index in [1.165, 1.54) is 5.94 Å². The van der Waals surface area contributed by atoms with Gasteiger partial charge in [0, 0.05) is 5.56 Å². The van der Waals surface area contributed by atoms with E-state index in [1.807, 2.05) is 6.92 Å². The first-order valence-electron chi connectivity index (χ1n) is 4.96. The molecule has 0 unspecified atom stereocenters. The van der Waals surface area contributed by atoms with Crippen LogP contribution in [0.25, 0.3) is 0 Å². The monoisotopic (exact) mass is 250 g/mol. The highest BCUT2D eigenvalue weighted by Gasteiger charge is 2.22. The number of aryl methyl sites for hydroxylation is 3.